The molecule has 3 aromatic rings. The zero-order chi connectivity index (χ0) is 19.0. The third-order valence-corrected chi connectivity index (χ3v) is 4.73. The number of carbonyl (C=O) groups excluding carboxylic acids is 1. The zero-order valence-electron chi connectivity index (χ0n) is 14.7. The van der Waals surface area contributed by atoms with Crippen LogP contribution in [-0.2, 0) is 11.2 Å². The molecule has 0 aliphatic rings. The summed E-state index contributed by atoms with van der Waals surface area (Å²) in [6.07, 6.45) is -0.193. The quantitative estimate of drug-likeness (QED) is 0.745. The number of ether oxygens (including phenoxy) is 1. The minimum absolute atomic E-state index is 0.193. The van der Waals surface area contributed by atoms with E-state index in [1.54, 1.807) is 31.2 Å². The molecule has 0 amide bonds. The van der Waals surface area contributed by atoms with Crippen LogP contribution in [0.1, 0.15) is 27.2 Å². The Morgan fingerprint density at radius 3 is 2.38 bits per heavy atom. The molecule has 1 heterocycles. The molecule has 6 heteroatoms. The van der Waals surface area contributed by atoms with E-state index in [1.165, 1.54) is 11.7 Å². The van der Waals surface area contributed by atoms with Gasteiger partial charge in [0.05, 0.1) is 24.1 Å². The third-order valence-electron chi connectivity index (χ3n) is 4.44. The van der Waals surface area contributed by atoms with E-state index >= 15 is 0 Å². The summed E-state index contributed by atoms with van der Waals surface area (Å²) < 4.78 is 6.76. The SMILES string of the molecule is COc1cc2c(CC(=O)O)c(C)n(C(=O)c3ccc(C)cc3)c2cc1Cl. The average Bonchev–Trinajstić information content (AvgIpc) is 2.85. The van der Waals surface area contributed by atoms with Crippen LogP contribution >= 0.6 is 11.6 Å². The minimum atomic E-state index is -0.969. The molecule has 0 atom stereocenters. The maximum Gasteiger partial charge on any atom is 0.307 e. The van der Waals surface area contributed by atoms with Crippen molar-refractivity contribution >= 4 is 34.4 Å². The van der Waals surface area contributed by atoms with E-state index in [-0.39, 0.29) is 12.3 Å². The second-order valence-electron chi connectivity index (χ2n) is 6.14. The molecule has 134 valence electrons. The number of hydrogen-bond donors (Lipinski definition) is 1. The molecule has 0 bridgehead atoms. The van der Waals surface area contributed by atoms with E-state index < -0.39 is 5.97 Å². The largest absolute Gasteiger partial charge is 0.495 e. The molecule has 0 aliphatic heterocycles. The molecular formula is C20H18ClNO4. The number of rotatable bonds is 4. The zero-order valence-corrected chi connectivity index (χ0v) is 15.4. The van der Waals surface area contributed by atoms with Crippen LogP contribution in [-0.4, -0.2) is 28.7 Å². The van der Waals surface area contributed by atoms with Gasteiger partial charge in [-0.05, 0) is 43.7 Å². The number of fused-ring (bicyclic) bond motifs is 1. The molecule has 26 heavy (non-hydrogen) atoms. The Balaban J connectivity index is 2.28. The first-order valence-corrected chi connectivity index (χ1v) is 8.42. The van der Waals surface area contributed by atoms with Crippen molar-refractivity contribution in [2.75, 3.05) is 7.11 Å². The fourth-order valence-electron chi connectivity index (χ4n) is 3.10. The van der Waals surface area contributed by atoms with Gasteiger partial charge >= 0.3 is 5.97 Å². The first kappa shape index (κ1) is 18.0. The van der Waals surface area contributed by atoms with Crippen molar-refractivity contribution in [2.45, 2.75) is 20.3 Å². The van der Waals surface area contributed by atoms with Crippen LogP contribution in [0.5, 0.6) is 5.75 Å². The summed E-state index contributed by atoms with van der Waals surface area (Å²) in [6.45, 7) is 3.69. The number of benzene rings is 2. The molecule has 3 rings (SSSR count). The lowest BCUT2D eigenvalue weighted by Gasteiger charge is -2.09. The molecule has 5 nitrogen and oxygen atoms in total. The number of aromatic nitrogens is 1. The number of carbonyl (C=O) groups is 2. The van der Waals surface area contributed by atoms with Crippen molar-refractivity contribution in [3.05, 3.63) is 63.8 Å². The highest BCUT2D eigenvalue weighted by molar-refractivity contribution is 6.33. The summed E-state index contributed by atoms with van der Waals surface area (Å²) in [7, 11) is 1.49. The monoisotopic (exact) mass is 371 g/mol. The molecule has 0 unspecified atom stereocenters. The van der Waals surface area contributed by atoms with Gasteiger partial charge in [-0.2, -0.15) is 0 Å². The highest BCUT2D eigenvalue weighted by Gasteiger charge is 2.22. The summed E-state index contributed by atoms with van der Waals surface area (Å²) in [6, 6.07) is 10.6. The number of methoxy groups -OCH3 is 1. The van der Waals surface area contributed by atoms with Gasteiger partial charge in [-0.25, -0.2) is 0 Å². The second-order valence-corrected chi connectivity index (χ2v) is 6.55. The lowest BCUT2D eigenvalue weighted by atomic mass is 10.1. The summed E-state index contributed by atoms with van der Waals surface area (Å²) >= 11 is 6.25. The average molecular weight is 372 g/mol. The molecule has 0 radical (unpaired) electrons. The first-order chi connectivity index (χ1) is 12.3. The standard InChI is InChI=1S/C20H18ClNO4/c1-11-4-6-13(7-5-11)20(25)22-12(2)14(9-19(23)24)15-8-18(26-3)16(21)10-17(15)22/h4-8,10H,9H2,1-3H3,(H,23,24). The van der Waals surface area contributed by atoms with E-state index in [0.29, 0.717) is 38.5 Å². The fourth-order valence-corrected chi connectivity index (χ4v) is 3.33. The van der Waals surface area contributed by atoms with Crippen LogP contribution in [0, 0.1) is 13.8 Å². The summed E-state index contributed by atoms with van der Waals surface area (Å²) in [4.78, 5) is 24.4. The summed E-state index contributed by atoms with van der Waals surface area (Å²) in [5, 5.41) is 10.3. The Morgan fingerprint density at radius 2 is 1.81 bits per heavy atom. The van der Waals surface area contributed by atoms with Crippen molar-refractivity contribution in [1.29, 1.82) is 0 Å². The normalized spacial score (nSPS) is 10.9. The van der Waals surface area contributed by atoms with Gasteiger partial charge in [0.1, 0.15) is 5.75 Å². The molecular weight excluding hydrogens is 354 g/mol. The number of carboxylic acid groups (broad SMARTS) is 1. The second kappa shape index (κ2) is 6.84. The van der Waals surface area contributed by atoms with Crippen LogP contribution < -0.4 is 4.74 Å². The van der Waals surface area contributed by atoms with E-state index in [1.807, 2.05) is 19.1 Å². The Labute approximate surface area is 155 Å². The maximum atomic E-state index is 13.1. The van der Waals surface area contributed by atoms with Crippen LogP contribution in [0.3, 0.4) is 0 Å². The fraction of sp³-hybridized carbons (Fsp3) is 0.200. The molecule has 1 aromatic heterocycles. The molecule has 1 N–H and O–H groups in total. The van der Waals surface area contributed by atoms with E-state index in [2.05, 4.69) is 0 Å². The van der Waals surface area contributed by atoms with Crippen LogP contribution in [0.15, 0.2) is 36.4 Å². The van der Waals surface area contributed by atoms with Crippen LogP contribution in [0.4, 0.5) is 0 Å². The van der Waals surface area contributed by atoms with Crippen LogP contribution in [0.2, 0.25) is 5.02 Å². The van der Waals surface area contributed by atoms with E-state index in [4.69, 9.17) is 16.3 Å². The van der Waals surface area contributed by atoms with Gasteiger partial charge in [0.25, 0.3) is 5.91 Å². The molecule has 2 aromatic carbocycles. The molecule has 0 spiro atoms. The van der Waals surface area contributed by atoms with Gasteiger partial charge in [-0.3, -0.25) is 14.2 Å². The Hall–Kier alpha value is -2.79. The third kappa shape index (κ3) is 3.06. The summed E-state index contributed by atoms with van der Waals surface area (Å²) in [5.41, 5.74) is 3.29. The van der Waals surface area contributed by atoms with E-state index in [9.17, 15) is 14.7 Å². The highest BCUT2D eigenvalue weighted by Crippen LogP contribution is 2.35. The van der Waals surface area contributed by atoms with Crippen molar-refractivity contribution in [2.24, 2.45) is 0 Å². The number of halogens is 1. The van der Waals surface area contributed by atoms with Crippen molar-refractivity contribution in [1.82, 2.24) is 4.57 Å². The maximum absolute atomic E-state index is 13.1. The van der Waals surface area contributed by atoms with Gasteiger partial charge in [0, 0.05) is 16.6 Å². The van der Waals surface area contributed by atoms with Crippen molar-refractivity contribution < 1.29 is 19.4 Å². The predicted molar refractivity (Wildman–Crippen MR) is 100 cm³/mol. The smallest absolute Gasteiger partial charge is 0.307 e. The van der Waals surface area contributed by atoms with Crippen LogP contribution in [0.25, 0.3) is 10.9 Å². The Kier molecular flexibility index (Phi) is 4.74. The number of hydrogen-bond acceptors (Lipinski definition) is 3. The number of carboxylic acids is 1. The van der Waals surface area contributed by atoms with Gasteiger partial charge < -0.3 is 9.84 Å². The number of aliphatic carboxylic acids is 1. The van der Waals surface area contributed by atoms with E-state index in [0.717, 1.165) is 5.56 Å². The van der Waals surface area contributed by atoms with Gasteiger partial charge in [-0.15, -0.1) is 0 Å². The first-order valence-electron chi connectivity index (χ1n) is 8.04. The minimum Gasteiger partial charge on any atom is -0.495 e. The molecule has 0 fully saturated rings. The van der Waals surface area contributed by atoms with Gasteiger partial charge in [0.2, 0.25) is 0 Å². The summed E-state index contributed by atoms with van der Waals surface area (Å²) in [5.74, 6) is -0.764. The lowest BCUT2D eigenvalue weighted by molar-refractivity contribution is -0.136. The Morgan fingerprint density at radius 1 is 1.15 bits per heavy atom. The highest BCUT2D eigenvalue weighted by atomic mass is 35.5. The van der Waals surface area contributed by atoms with Gasteiger partial charge in [0.15, 0.2) is 0 Å². The predicted octanol–water partition coefficient (Wildman–Crippen LogP) is 4.24. The Bertz CT molecular complexity index is 1020. The number of nitrogens with zero attached hydrogens (tertiary/aromatic N) is 1. The molecule has 0 aliphatic carbocycles. The van der Waals surface area contributed by atoms with Crippen molar-refractivity contribution in [3.8, 4) is 5.75 Å². The number of aryl methyl sites for hydroxylation is 1. The van der Waals surface area contributed by atoms with Crippen molar-refractivity contribution in [3.63, 3.8) is 0 Å². The topological polar surface area (TPSA) is 68.5 Å². The van der Waals surface area contributed by atoms with Gasteiger partial charge in [-0.1, -0.05) is 29.3 Å². The molecule has 0 saturated carbocycles. The lowest BCUT2D eigenvalue weighted by Crippen LogP contribution is -2.14. The molecule has 0 saturated heterocycles.